The van der Waals surface area contributed by atoms with Crippen molar-refractivity contribution in [1.29, 1.82) is 0 Å². The first-order valence-corrected chi connectivity index (χ1v) is 26.7. The summed E-state index contributed by atoms with van der Waals surface area (Å²) < 4.78 is 0. The molecule has 12 aromatic carbocycles. The Labute approximate surface area is 489 Å². The maximum atomic E-state index is 10.0. The number of aliphatic hydroxyl groups excluding tert-OH is 1. The monoisotopic (exact) mass is 1240 g/mol. The maximum absolute atomic E-state index is 10.0. The van der Waals surface area contributed by atoms with Gasteiger partial charge in [0, 0.05) is 94.9 Å². The van der Waals surface area contributed by atoms with Crippen LogP contribution in [0.4, 0.5) is 34.1 Å². The smallest absolute Gasteiger partial charge is 0.155 e. The van der Waals surface area contributed by atoms with E-state index in [4.69, 9.17) is 25.0 Å². The van der Waals surface area contributed by atoms with Gasteiger partial charge in [-0.05, 0) is 97.4 Å². The van der Waals surface area contributed by atoms with Gasteiger partial charge in [-0.3, -0.25) is 14.8 Å². The Bertz CT molecular complexity index is 4130. The Hall–Kier alpha value is -10.2. The van der Waals surface area contributed by atoms with Crippen LogP contribution in [-0.4, -0.2) is 30.8 Å². The summed E-state index contributed by atoms with van der Waals surface area (Å²) in [7, 11) is 0. The zero-order valence-corrected chi connectivity index (χ0v) is 47.2. The van der Waals surface area contributed by atoms with Gasteiger partial charge in [-0.1, -0.05) is 167 Å². The number of fused-ring (bicyclic) bond motifs is 12. The Balaban J connectivity index is 0.000000153. The number of aromatic nitrogens is 4. The molecule has 14 rings (SSSR count). The number of nitrogens with zero attached hydrogens (tertiary/aromatic N) is 6. The van der Waals surface area contributed by atoms with Crippen LogP contribution in [0.5, 0.6) is 0 Å². The molecule has 0 aliphatic carbocycles. The number of benzene rings is 12. The molecule has 8 nitrogen and oxygen atoms in total. The van der Waals surface area contributed by atoms with E-state index in [0.29, 0.717) is 0 Å². The predicted octanol–water partition coefficient (Wildman–Crippen LogP) is 18.8. The summed E-state index contributed by atoms with van der Waals surface area (Å²) in [6.07, 6.45) is 4.91. The van der Waals surface area contributed by atoms with E-state index in [1.807, 2.05) is 60.9 Å². The van der Waals surface area contributed by atoms with Gasteiger partial charge in [0.1, 0.15) is 0 Å². The fraction of sp³-hybridized carbons (Fsp3) is 0.0274. The third-order valence-electron chi connectivity index (χ3n) is 14.0. The third-order valence-corrected chi connectivity index (χ3v) is 14.0. The van der Waals surface area contributed by atoms with Gasteiger partial charge in [0.15, 0.2) is 5.78 Å². The topological polar surface area (TPSA) is 95.3 Å². The minimum absolute atomic E-state index is 0. The molecule has 9 heteroatoms. The number of allylic oxidation sites excluding steroid dienone is 2. The van der Waals surface area contributed by atoms with Crippen molar-refractivity contribution in [3.8, 4) is 22.5 Å². The molecule has 397 valence electrons. The third kappa shape index (κ3) is 11.2. The summed E-state index contributed by atoms with van der Waals surface area (Å²) in [4.78, 5) is 34.5. The number of aliphatic hydroxyl groups is 1. The van der Waals surface area contributed by atoms with Crippen LogP contribution >= 0.6 is 0 Å². The molecule has 0 saturated carbocycles. The van der Waals surface area contributed by atoms with E-state index in [1.165, 1.54) is 30.7 Å². The fourth-order valence-electron chi connectivity index (χ4n) is 10.4. The first-order chi connectivity index (χ1) is 39.9. The van der Waals surface area contributed by atoms with Crippen LogP contribution in [0.25, 0.3) is 87.7 Å². The van der Waals surface area contributed by atoms with E-state index in [9.17, 15) is 4.79 Å². The van der Waals surface area contributed by atoms with E-state index >= 15 is 0 Å². The second-order valence-electron chi connectivity index (χ2n) is 19.4. The first kappa shape index (κ1) is 53.8. The molecule has 14 aromatic rings. The molecule has 0 atom stereocenters. The van der Waals surface area contributed by atoms with Crippen molar-refractivity contribution in [2.24, 2.45) is 0 Å². The fourth-order valence-corrected chi connectivity index (χ4v) is 10.4. The number of rotatable bonds is 9. The molecule has 0 unspecified atom stereocenters. The summed E-state index contributed by atoms with van der Waals surface area (Å²) in [6, 6.07) is 94.6. The van der Waals surface area contributed by atoms with Gasteiger partial charge >= 0.3 is 0 Å². The number of hydrogen-bond donors (Lipinski definition) is 1. The van der Waals surface area contributed by atoms with Gasteiger partial charge in [0.25, 0.3) is 0 Å². The zero-order valence-electron chi connectivity index (χ0n) is 44.9. The van der Waals surface area contributed by atoms with E-state index in [0.717, 1.165) is 111 Å². The molecule has 0 fully saturated rings. The molecule has 1 N–H and O–H groups in total. The Morgan fingerprint density at radius 1 is 0.378 bits per heavy atom. The van der Waals surface area contributed by atoms with Crippen LogP contribution in [0, 0.1) is 12.1 Å². The molecule has 0 aliphatic rings. The van der Waals surface area contributed by atoms with Gasteiger partial charge in [0.05, 0.1) is 28.2 Å². The largest absolute Gasteiger partial charge is 0.512 e. The molecule has 2 aromatic heterocycles. The summed E-state index contributed by atoms with van der Waals surface area (Å²) in [6.45, 7) is 2.85. The van der Waals surface area contributed by atoms with E-state index in [2.05, 4.69) is 228 Å². The average Bonchev–Trinajstić information content (AvgIpc) is 3.70. The number of carbonyl (C=O) groups excluding carboxylic acids is 1. The first-order valence-electron chi connectivity index (χ1n) is 26.7. The second kappa shape index (κ2) is 24.5. The van der Waals surface area contributed by atoms with Crippen molar-refractivity contribution in [3.05, 3.63) is 291 Å². The molecule has 0 saturated heterocycles. The minimum atomic E-state index is -0.125. The van der Waals surface area contributed by atoms with Crippen LogP contribution in [0.15, 0.2) is 279 Å². The molecule has 82 heavy (non-hydrogen) atoms. The summed E-state index contributed by atoms with van der Waals surface area (Å²) in [5, 5.41) is 17.2. The van der Waals surface area contributed by atoms with Crippen molar-refractivity contribution < 1.29 is 30.0 Å². The van der Waals surface area contributed by atoms with Crippen LogP contribution in [0.1, 0.15) is 13.8 Å². The van der Waals surface area contributed by atoms with Crippen molar-refractivity contribution in [2.75, 3.05) is 9.80 Å². The van der Waals surface area contributed by atoms with Crippen molar-refractivity contribution in [1.82, 2.24) is 19.9 Å². The van der Waals surface area contributed by atoms with Gasteiger partial charge in [0.2, 0.25) is 0 Å². The minimum Gasteiger partial charge on any atom is -0.512 e. The molecule has 1 radical (unpaired) electrons. The van der Waals surface area contributed by atoms with Gasteiger partial charge in [-0.2, -0.15) is 0 Å². The van der Waals surface area contributed by atoms with E-state index in [-0.39, 0.29) is 31.6 Å². The Morgan fingerprint density at radius 2 is 0.683 bits per heavy atom. The number of ketones is 1. The van der Waals surface area contributed by atoms with Crippen molar-refractivity contribution in [3.63, 3.8) is 0 Å². The number of hydrogen-bond acceptors (Lipinski definition) is 8. The normalized spacial score (nSPS) is 11.1. The second-order valence-corrected chi connectivity index (χ2v) is 19.4. The van der Waals surface area contributed by atoms with Crippen LogP contribution in [0.3, 0.4) is 0 Å². The van der Waals surface area contributed by atoms with E-state index < -0.39 is 0 Å². The van der Waals surface area contributed by atoms with Gasteiger partial charge in [-0.15, -0.1) is 59.3 Å². The molecule has 2 heterocycles. The van der Waals surface area contributed by atoms with Crippen LogP contribution in [-0.2, 0) is 24.9 Å². The van der Waals surface area contributed by atoms with Gasteiger partial charge < -0.3 is 24.9 Å². The number of carbonyl (C=O) groups is 1. The van der Waals surface area contributed by atoms with Gasteiger partial charge in [-0.25, -0.2) is 0 Å². The molecular formula is C73H52IrN6O2-2. The van der Waals surface area contributed by atoms with E-state index in [1.54, 1.807) is 0 Å². The van der Waals surface area contributed by atoms with Crippen LogP contribution in [0.2, 0.25) is 0 Å². The molecule has 0 bridgehead atoms. The standard InChI is InChI=1S/2C34H22N3.C5H8O2.Ir/c2*1-3-11-25(12-4-1)37(26-13-5-2-6-14-26)27-21-19-24(20-22-27)32-23-35-33-30-17-9-7-15-28(30)29-16-8-10-18-31(29)34(33)36-32;1-4(6)3-5(2)7;/h2*1-16,18-23H;3,6H,1-2H3;/q2*-1;;/b;;4-3-;. The van der Waals surface area contributed by atoms with Crippen molar-refractivity contribution in [2.45, 2.75) is 13.8 Å². The predicted molar refractivity (Wildman–Crippen MR) is 334 cm³/mol. The summed E-state index contributed by atoms with van der Waals surface area (Å²) in [5.41, 5.74) is 14.0. The molecule has 0 spiro atoms. The molecule has 0 aliphatic heterocycles. The Kier molecular flexibility index (Phi) is 16.0. The van der Waals surface area contributed by atoms with Crippen LogP contribution < -0.4 is 9.80 Å². The number of anilines is 6. The zero-order chi connectivity index (χ0) is 55.1. The molecular weight excluding hydrogens is 1190 g/mol. The quantitative estimate of drug-likeness (QED) is 0.0661. The maximum Gasteiger partial charge on any atom is 0.155 e. The SMILES string of the molecule is CC(=O)/C=C(/C)O.[Ir].[c-]1cccc2c1c1ncc(-c3ccc(N(c4ccccc4)c4ccccc4)cc3)nc1c1ccccc21.[c-]1cccc2c1c1ncc(-c3ccc(N(c4ccccc4)c4ccccc4)cc3)nc1c1ccccc21. The average molecular weight is 1240 g/mol. The molecule has 0 amide bonds. The van der Waals surface area contributed by atoms with Crippen molar-refractivity contribution >= 4 is 105 Å². The Morgan fingerprint density at radius 3 is 1.00 bits per heavy atom. The number of para-hydroxylation sites is 4. The summed E-state index contributed by atoms with van der Waals surface area (Å²) in [5.74, 6) is -0.0625. The summed E-state index contributed by atoms with van der Waals surface area (Å²) >= 11 is 0.